The molecule has 130 valence electrons. The fourth-order valence-corrected chi connectivity index (χ4v) is 2.55. The first-order valence-electron chi connectivity index (χ1n) is 7.52. The Hall–Kier alpha value is -1.64. The third-order valence-corrected chi connectivity index (χ3v) is 3.78. The van der Waals surface area contributed by atoms with Gasteiger partial charge in [0.2, 0.25) is 5.91 Å². The van der Waals surface area contributed by atoms with Crippen molar-refractivity contribution in [1.82, 2.24) is 16.0 Å². The van der Waals surface area contributed by atoms with E-state index in [0.29, 0.717) is 32.2 Å². The number of carbonyl (C=O) groups excluding carboxylic acids is 1. The average Bonchev–Trinajstić information content (AvgIpc) is 3.05. The van der Waals surface area contributed by atoms with Gasteiger partial charge in [-0.3, -0.25) is 4.79 Å². The van der Waals surface area contributed by atoms with Crippen molar-refractivity contribution < 1.29 is 14.6 Å². The minimum atomic E-state index is -1.00. The molecule has 1 aromatic rings. The van der Waals surface area contributed by atoms with Crippen molar-refractivity contribution in [2.24, 2.45) is 4.99 Å². The molecule has 7 nitrogen and oxygen atoms in total. The van der Waals surface area contributed by atoms with Crippen molar-refractivity contribution in [3.8, 4) is 0 Å². The highest BCUT2D eigenvalue weighted by Crippen LogP contribution is 2.21. The largest absolute Gasteiger partial charge is 0.384 e. The van der Waals surface area contributed by atoms with E-state index >= 15 is 0 Å². The second-order valence-corrected chi connectivity index (χ2v) is 5.96. The topological polar surface area (TPSA) is 95.0 Å². The highest BCUT2D eigenvalue weighted by molar-refractivity contribution is 7.08. The van der Waals surface area contributed by atoms with Crippen molar-refractivity contribution in [3.63, 3.8) is 0 Å². The zero-order chi connectivity index (χ0) is 17.1. The van der Waals surface area contributed by atoms with E-state index in [-0.39, 0.29) is 12.5 Å². The number of guanidine groups is 1. The highest BCUT2D eigenvalue weighted by atomic mass is 32.1. The maximum absolute atomic E-state index is 11.6. The van der Waals surface area contributed by atoms with Gasteiger partial charge in [-0.1, -0.05) is 0 Å². The van der Waals surface area contributed by atoms with Crippen LogP contribution in [0, 0.1) is 0 Å². The molecule has 0 aliphatic rings. The molecule has 1 aromatic heterocycles. The second-order valence-electron chi connectivity index (χ2n) is 5.18. The van der Waals surface area contributed by atoms with Crippen LogP contribution in [0.25, 0.3) is 0 Å². The number of nitrogens with one attached hydrogen (secondary N) is 3. The molecule has 1 heterocycles. The molecule has 0 saturated carbocycles. The number of methoxy groups -OCH3 is 1. The Morgan fingerprint density at radius 2 is 2.22 bits per heavy atom. The van der Waals surface area contributed by atoms with Gasteiger partial charge in [-0.05, 0) is 36.2 Å². The Morgan fingerprint density at radius 1 is 1.43 bits per heavy atom. The first-order valence-corrected chi connectivity index (χ1v) is 8.46. The lowest BCUT2D eigenvalue weighted by molar-refractivity contribution is -0.119. The summed E-state index contributed by atoms with van der Waals surface area (Å²) in [5, 5.41) is 23.1. The standard InChI is InChI=1S/C15H26N4O3S/c1-4-16-14(18-9-13(20)17-6-7-22-3)19-11-15(2,21)12-5-8-23-10-12/h5,8,10,21H,4,6-7,9,11H2,1-3H3,(H,17,20)(H2,16,18,19). The van der Waals surface area contributed by atoms with Crippen LogP contribution in [0.5, 0.6) is 0 Å². The van der Waals surface area contributed by atoms with Crippen molar-refractivity contribution >= 4 is 23.2 Å². The molecule has 0 saturated heterocycles. The molecule has 4 N–H and O–H groups in total. The molecular weight excluding hydrogens is 316 g/mol. The van der Waals surface area contributed by atoms with Crippen molar-refractivity contribution in [2.75, 3.05) is 39.9 Å². The summed E-state index contributed by atoms with van der Waals surface area (Å²) in [6.07, 6.45) is 0. The van der Waals surface area contributed by atoms with E-state index in [1.54, 1.807) is 14.0 Å². The average molecular weight is 342 g/mol. The van der Waals surface area contributed by atoms with Gasteiger partial charge in [0.1, 0.15) is 12.1 Å². The van der Waals surface area contributed by atoms with Gasteiger partial charge in [-0.2, -0.15) is 11.3 Å². The Morgan fingerprint density at radius 3 is 2.83 bits per heavy atom. The predicted molar refractivity (Wildman–Crippen MR) is 92.8 cm³/mol. The normalized spacial score (nSPS) is 14.2. The van der Waals surface area contributed by atoms with E-state index in [9.17, 15) is 9.90 Å². The third-order valence-electron chi connectivity index (χ3n) is 3.10. The lowest BCUT2D eigenvalue weighted by Crippen LogP contribution is -2.45. The molecule has 1 amide bonds. The number of hydrogen-bond donors (Lipinski definition) is 4. The van der Waals surface area contributed by atoms with Crippen LogP contribution in [0.1, 0.15) is 19.4 Å². The lowest BCUT2D eigenvalue weighted by Gasteiger charge is -2.24. The maximum atomic E-state index is 11.6. The van der Waals surface area contributed by atoms with E-state index in [1.165, 1.54) is 11.3 Å². The van der Waals surface area contributed by atoms with Crippen LogP contribution in [0.15, 0.2) is 21.8 Å². The molecular formula is C15H26N4O3S. The SMILES string of the molecule is CCNC(=NCC(=O)NCCOC)NCC(C)(O)c1ccsc1. The summed E-state index contributed by atoms with van der Waals surface area (Å²) >= 11 is 1.54. The predicted octanol–water partition coefficient (Wildman–Crippen LogP) is 0.273. The third kappa shape index (κ3) is 7.45. The summed E-state index contributed by atoms with van der Waals surface area (Å²) in [5.74, 6) is 0.314. The number of ether oxygens (including phenoxy) is 1. The number of amides is 1. The van der Waals surface area contributed by atoms with E-state index < -0.39 is 5.60 Å². The summed E-state index contributed by atoms with van der Waals surface area (Å²) in [6.45, 7) is 5.58. The van der Waals surface area contributed by atoms with Crippen molar-refractivity contribution in [3.05, 3.63) is 22.4 Å². The van der Waals surface area contributed by atoms with Gasteiger partial charge < -0.3 is 25.8 Å². The Bertz CT molecular complexity index is 489. The first-order chi connectivity index (χ1) is 11.0. The molecule has 0 bridgehead atoms. The van der Waals surface area contributed by atoms with E-state index in [1.807, 2.05) is 23.8 Å². The number of thiophene rings is 1. The molecule has 23 heavy (non-hydrogen) atoms. The minimum Gasteiger partial charge on any atom is -0.384 e. The van der Waals surface area contributed by atoms with Gasteiger partial charge in [-0.15, -0.1) is 0 Å². The summed E-state index contributed by atoms with van der Waals surface area (Å²) in [7, 11) is 1.58. The fourth-order valence-electron chi connectivity index (χ4n) is 1.77. The number of nitrogens with zero attached hydrogens (tertiary/aromatic N) is 1. The second kappa shape index (κ2) is 10.2. The van der Waals surface area contributed by atoms with E-state index in [2.05, 4.69) is 20.9 Å². The van der Waals surface area contributed by atoms with Crippen LogP contribution in [0.2, 0.25) is 0 Å². The van der Waals surface area contributed by atoms with Gasteiger partial charge in [0.05, 0.1) is 13.2 Å². The fraction of sp³-hybridized carbons (Fsp3) is 0.600. The molecule has 0 spiro atoms. The van der Waals surface area contributed by atoms with Gasteiger partial charge >= 0.3 is 0 Å². The Kier molecular flexibility index (Phi) is 8.60. The van der Waals surface area contributed by atoms with Gasteiger partial charge in [0, 0.05) is 20.2 Å². The number of carbonyl (C=O) groups is 1. The Balaban J connectivity index is 2.50. The van der Waals surface area contributed by atoms with Crippen LogP contribution in [0.4, 0.5) is 0 Å². The first kappa shape index (κ1) is 19.4. The molecule has 0 aliphatic carbocycles. The number of aliphatic imine (C=N–C) groups is 1. The quantitative estimate of drug-likeness (QED) is 0.294. The lowest BCUT2D eigenvalue weighted by atomic mass is 9.99. The molecule has 0 radical (unpaired) electrons. The summed E-state index contributed by atoms with van der Waals surface area (Å²) in [6, 6.07) is 1.89. The number of rotatable bonds is 9. The van der Waals surface area contributed by atoms with Gasteiger partial charge in [-0.25, -0.2) is 4.99 Å². The highest BCUT2D eigenvalue weighted by Gasteiger charge is 2.23. The maximum Gasteiger partial charge on any atom is 0.241 e. The van der Waals surface area contributed by atoms with E-state index in [0.717, 1.165) is 5.56 Å². The molecule has 0 fully saturated rings. The van der Waals surface area contributed by atoms with E-state index in [4.69, 9.17) is 4.74 Å². The molecule has 1 rings (SSSR count). The smallest absolute Gasteiger partial charge is 0.241 e. The summed E-state index contributed by atoms with van der Waals surface area (Å²) in [4.78, 5) is 15.8. The molecule has 0 aliphatic heterocycles. The summed E-state index contributed by atoms with van der Waals surface area (Å²) < 4.78 is 4.87. The summed E-state index contributed by atoms with van der Waals surface area (Å²) in [5.41, 5.74) is -0.153. The molecule has 8 heteroatoms. The molecule has 1 unspecified atom stereocenters. The van der Waals surface area contributed by atoms with Crippen molar-refractivity contribution in [2.45, 2.75) is 19.4 Å². The molecule has 0 aromatic carbocycles. The zero-order valence-corrected chi connectivity index (χ0v) is 14.7. The number of aliphatic hydroxyl groups is 1. The monoisotopic (exact) mass is 342 g/mol. The minimum absolute atomic E-state index is 0.0135. The van der Waals surface area contributed by atoms with Crippen LogP contribution in [0.3, 0.4) is 0 Å². The molecule has 1 atom stereocenters. The van der Waals surface area contributed by atoms with Crippen LogP contribution in [-0.4, -0.2) is 56.9 Å². The van der Waals surface area contributed by atoms with Crippen LogP contribution >= 0.6 is 11.3 Å². The van der Waals surface area contributed by atoms with Crippen LogP contribution < -0.4 is 16.0 Å². The van der Waals surface area contributed by atoms with Gasteiger partial charge in [0.25, 0.3) is 0 Å². The Labute approximate surface area is 141 Å². The van der Waals surface area contributed by atoms with Crippen molar-refractivity contribution in [1.29, 1.82) is 0 Å². The zero-order valence-electron chi connectivity index (χ0n) is 13.9. The van der Waals surface area contributed by atoms with Gasteiger partial charge in [0.15, 0.2) is 5.96 Å². The number of hydrogen-bond acceptors (Lipinski definition) is 5. The van der Waals surface area contributed by atoms with Crippen LogP contribution in [-0.2, 0) is 15.1 Å².